The average molecular weight is 986 g/mol. The second-order valence-corrected chi connectivity index (χ2v) is 19.2. The summed E-state index contributed by atoms with van der Waals surface area (Å²) in [6, 6.07) is 0. The predicted octanol–water partition coefficient (Wildman–Crippen LogP) is 19.9. The van der Waals surface area contributed by atoms with Gasteiger partial charge in [-0.1, -0.05) is 239 Å². The van der Waals surface area contributed by atoms with E-state index < -0.39 is 6.10 Å². The first-order chi connectivity index (χ1) is 35.0. The molecule has 71 heavy (non-hydrogen) atoms. The van der Waals surface area contributed by atoms with Gasteiger partial charge in [0.1, 0.15) is 13.2 Å². The maximum Gasteiger partial charge on any atom is 0.306 e. The monoisotopic (exact) mass is 985 g/mol. The van der Waals surface area contributed by atoms with E-state index in [-0.39, 0.29) is 37.5 Å². The molecule has 6 heteroatoms. The highest BCUT2D eigenvalue weighted by Gasteiger charge is 2.19. The van der Waals surface area contributed by atoms with Crippen molar-refractivity contribution in [3.8, 4) is 0 Å². The normalized spacial score (nSPS) is 12.9. The lowest BCUT2D eigenvalue weighted by atomic mass is 10.1. The van der Waals surface area contributed by atoms with Crippen LogP contribution in [0.2, 0.25) is 0 Å². The Hall–Kier alpha value is -3.93. The highest BCUT2D eigenvalue weighted by atomic mass is 16.6. The molecule has 0 amide bonds. The summed E-state index contributed by atoms with van der Waals surface area (Å²) in [5.74, 6) is -0.979. The predicted molar refractivity (Wildman–Crippen MR) is 307 cm³/mol. The van der Waals surface area contributed by atoms with Gasteiger partial charge >= 0.3 is 17.9 Å². The minimum absolute atomic E-state index is 0.107. The molecule has 0 rings (SSSR count). The van der Waals surface area contributed by atoms with Gasteiger partial charge in [-0.05, 0) is 116 Å². The fraction of sp³-hybridized carbons (Fsp3) is 0.677. The van der Waals surface area contributed by atoms with Crippen molar-refractivity contribution in [3.63, 3.8) is 0 Å². The molecule has 0 aliphatic carbocycles. The molecule has 0 aromatic heterocycles. The van der Waals surface area contributed by atoms with Crippen LogP contribution in [-0.2, 0) is 28.6 Å². The van der Waals surface area contributed by atoms with Crippen LogP contribution in [-0.4, -0.2) is 37.2 Å². The van der Waals surface area contributed by atoms with Gasteiger partial charge in [-0.25, -0.2) is 0 Å². The first-order valence-corrected chi connectivity index (χ1v) is 29.4. The van der Waals surface area contributed by atoms with Crippen molar-refractivity contribution >= 4 is 17.9 Å². The lowest BCUT2D eigenvalue weighted by Gasteiger charge is -2.18. The number of carbonyl (C=O) groups excluding carboxylic acids is 3. The highest BCUT2D eigenvalue weighted by molar-refractivity contribution is 5.71. The fourth-order valence-corrected chi connectivity index (χ4v) is 7.82. The Balaban J connectivity index is 4.37. The highest BCUT2D eigenvalue weighted by Crippen LogP contribution is 2.14. The summed E-state index contributed by atoms with van der Waals surface area (Å²) in [4.78, 5) is 38.1. The molecule has 0 fully saturated rings. The van der Waals surface area contributed by atoms with Crippen LogP contribution in [0.1, 0.15) is 265 Å². The third-order valence-electron chi connectivity index (χ3n) is 12.2. The van der Waals surface area contributed by atoms with Crippen molar-refractivity contribution in [3.05, 3.63) is 109 Å². The van der Waals surface area contributed by atoms with Gasteiger partial charge in [-0.2, -0.15) is 0 Å². The molecular weight excluding hydrogens is 877 g/mol. The third-order valence-corrected chi connectivity index (χ3v) is 12.2. The summed E-state index contributed by atoms with van der Waals surface area (Å²) in [5.41, 5.74) is 0. The van der Waals surface area contributed by atoms with Crippen LogP contribution < -0.4 is 0 Å². The first-order valence-electron chi connectivity index (χ1n) is 29.4. The second-order valence-electron chi connectivity index (χ2n) is 19.2. The van der Waals surface area contributed by atoms with E-state index in [4.69, 9.17) is 14.2 Å². The van der Waals surface area contributed by atoms with E-state index in [2.05, 4.69) is 130 Å². The molecule has 0 aromatic rings. The van der Waals surface area contributed by atoms with E-state index in [1.54, 1.807) is 0 Å². The average Bonchev–Trinajstić information content (AvgIpc) is 3.37. The largest absolute Gasteiger partial charge is 0.462 e. The molecule has 0 spiro atoms. The topological polar surface area (TPSA) is 78.9 Å². The van der Waals surface area contributed by atoms with E-state index in [0.717, 1.165) is 103 Å². The Morgan fingerprint density at radius 2 is 0.577 bits per heavy atom. The standard InChI is InChI=1S/C65H108O6/c1-4-7-10-13-16-19-22-24-26-28-29-30-31-32-33-34-35-37-38-40-43-46-49-52-55-58-64(67)70-61-62(60-69-63(66)57-54-51-48-45-42-21-18-15-12-9-6-3)71-65(68)59-56-53-50-47-44-41-39-36-27-25-23-20-17-14-11-8-5-2/h8,11,15,17-18,20,22,24-25,27-29,31-32,39,41,47,50,62H,4-7,9-10,12-14,16,19,21,23,26,30,33-38,40,42-46,48-49,51-61H2,1-3H3/b11-8-,18-15-,20-17-,24-22-,27-25-,29-28-,32-31-,41-39-,50-47-. The molecule has 0 heterocycles. The molecule has 0 saturated carbocycles. The van der Waals surface area contributed by atoms with E-state index in [0.29, 0.717) is 19.3 Å². The molecular formula is C65H108O6. The van der Waals surface area contributed by atoms with E-state index in [1.807, 2.05) is 0 Å². The zero-order valence-electron chi connectivity index (χ0n) is 46.2. The molecule has 0 bridgehead atoms. The van der Waals surface area contributed by atoms with Gasteiger partial charge in [-0.3, -0.25) is 14.4 Å². The number of carbonyl (C=O) groups is 3. The van der Waals surface area contributed by atoms with Crippen LogP contribution in [0.15, 0.2) is 109 Å². The number of esters is 3. The van der Waals surface area contributed by atoms with Gasteiger partial charge in [0.25, 0.3) is 0 Å². The Bertz CT molecular complexity index is 1460. The van der Waals surface area contributed by atoms with Crippen molar-refractivity contribution in [1.82, 2.24) is 0 Å². The molecule has 1 atom stereocenters. The molecule has 1 unspecified atom stereocenters. The molecule has 6 nitrogen and oxygen atoms in total. The third kappa shape index (κ3) is 56.9. The Labute approximate surface area is 438 Å². The van der Waals surface area contributed by atoms with E-state index in [1.165, 1.54) is 116 Å². The molecule has 0 saturated heterocycles. The van der Waals surface area contributed by atoms with Gasteiger partial charge in [0.05, 0.1) is 0 Å². The number of unbranched alkanes of at least 4 members (excludes halogenated alkanes) is 23. The fourth-order valence-electron chi connectivity index (χ4n) is 7.82. The molecule has 0 aromatic carbocycles. The maximum absolute atomic E-state index is 12.8. The van der Waals surface area contributed by atoms with Gasteiger partial charge in [0, 0.05) is 19.3 Å². The summed E-state index contributed by atoms with van der Waals surface area (Å²) >= 11 is 0. The van der Waals surface area contributed by atoms with Crippen LogP contribution in [0.5, 0.6) is 0 Å². The zero-order chi connectivity index (χ0) is 51.4. The molecule has 0 aliphatic heterocycles. The summed E-state index contributed by atoms with van der Waals surface area (Å²) in [6.07, 6.45) is 79.5. The van der Waals surface area contributed by atoms with Gasteiger partial charge < -0.3 is 14.2 Å². The smallest absolute Gasteiger partial charge is 0.306 e. The number of ether oxygens (including phenoxy) is 3. The summed E-state index contributed by atoms with van der Waals surface area (Å²) in [6.45, 7) is 6.42. The summed E-state index contributed by atoms with van der Waals surface area (Å²) < 4.78 is 16.8. The van der Waals surface area contributed by atoms with Gasteiger partial charge in [-0.15, -0.1) is 0 Å². The molecule has 0 aliphatic rings. The number of allylic oxidation sites excluding steroid dienone is 18. The number of hydrogen-bond donors (Lipinski definition) is 0. The molecule has 404 valence electrons. The van der Waals surface area contributed by atoms with Gasteiger partial charge in [0.2, 0.25) is 0 Å². The maximum atomic E-state index is 12.8. The van der Waals surface area contributed by atoms with Crippen molar-refractivity contribution < 1.29 is 28.6 Å². The summed E-state index contributed by atoms with van der Waals surface area (Å²) in [7, 11) is 0. The lowest BCUT2D eigenvalue weighted by Crippen LogP contribution is -2.30. The molecule has 0 N–H and O–H groups in total. The Morgan fingerprint density at radius 1 is 0.296 bits per heavy atom. The van der Waals surface area contributed by atoms with Crippen molar-refractivity contribution in [1.29, 1.82) is 0 Å². The van der Waals surface area contributed by atoms with Crippen LogP contribution in [0.3, 0.4) is 0 Å². The number of rotatable bonds is 52. The van der Waals surface area contributed by atoms with Crippen LogP contribution >= 0.6 is 0 Å². The van der Waals surface area contributed by atoms with Crippen molar-refractivity contribution in [2.75, 3.05) is 13.2 Å². The zero-order valence-corrected chi connectivity index (χ0v) is 46.2. The van der Waals surface area contributed by atoms with Gasteiger partial charge in [0.15, 0.2) is 6.10 Å². The van der Waals surface area contributed by atoms with Crippen molar-refractivity contribution in [2.24, 2.45) is 0 Å². The van der Waals surface area contributed by atoms with E-state index >= 15 is 0 Å². The van der Waals surface area contributed by atoms with Crippen LogP contribution in [0.25, 0.3) is 0 Å². The van der Waals surface area contributed by atoms with E-state index in [9.17, 15) is 14.4 Å². The number of hydrogen-bond acceptors (Lipinski definition) is 6. The van der Waals surface area contributed by atoms with Crippen LogP contribution in [0, 0.1) is 0 Å². The quantitative estimate of drug-likeness (QED) is 0.0261. The minimum Gasteiger partial charge on any atom is -0.462 e. The minimum atomic E-state index is -0.814. The summed E-state index contributed by atoms with van der Waals surface area (Å²) in [5, 5.41) is 0. The van der Waals surface area contributed by atoms with Crippen molar-refractivity contribution in [2.45, 2.75) is 271 Å². The Kier molecular flexibility index (Phi) is 55.4. The van der Waals surface area contributed by atoms with Crippen LogP contribution in [0.4, 0.5) is 0 Å². The first kappa shape index (κ1) is 67.1. The second kappa shape index (κ2) is 58.6. The Morgan fingerprint density at radius 3 is 0.958 bits per heavy atom. The molecule has 0 radical (unpaired) electrons. The lowest BCUT2D eigenvalue weighted by molar-refractivity contribution is -0.167. The SMILES string of the molecule is CC/C=C\C/C=C\C/C=C\C/C=C\C/C=C\CCCC(=O)OC(COC(=O)CCCCCCC/C=C\CCCC)COC(=O)CCCCCCCCCCCC/C=C\C/C=C\C/C=C\CCCCCCC.